The molecule has 0 spiro atoms. The van der Waals surface area contributed by atoms with Gasteiger partial charge in [0.25, 0.3) is 0 Å². The van der Waals surface area contributed by atoms with Crippen LogP contribution in [-0.2, 0) is 0 Å². The Balaban J connectivity index is 2.25. The van der Waals surface area contributed by atoms with Gasteiger partial charge in [0.15, 0.2) is 0 Å². The Labute approximate surface area is 124 Å². The van der Waals surface area contributed by atoms with Gasteiger partial charge in [0, 0.05) is 15.9 Å². The van der Waals surface area contributed by atoms with Gasteiger partial charge in [-0.05, 0) is 61.0 Å². The van der Waals surface area contributed by atoms with Gasteiger partial charge in [-0.2, -0.15) is 0 Å². The van der Waals surface area contributed by atoms with Crippen LogP contribution in [0.25, 0.3) is 11.1 Å². The fourth-order valence-corrected chi connectivity index (χ4v) is 3.27. The molecule has 2 rings (SSSR count). The van der Waals surface area contributed by atoms with Crippen molar-refractivity contribution in [2.45, 2.75) is 33.2 Å². The average molecular weight is 294 g/mol. The molecule has 1 heterocycles. The maximum absolute atomic E-state index is 6.44. The van der Waals surface area contributed by atoms with Gasteiger partial charge in [-0.15, -0.1) is 11.3 Å². The van der Waals surface area contributed by atoms with E-state index in [-0.39, 0.29) is 0 Å². The first-order valence-corrected chi connectivity index (χ1v) is 7.96. The maximum Gasteiger partial charge on any atom is 0.0459 e. The minimum Gasteiger partial charge on any atom is -0.310 e. The number of thiophene rings is 1. The van der Waals surface area contributed by atoms with Crippen LogP contribution in [0.4, 0.5) is 0 Å². The van der Waals surface area contributed by atoms with E-state index in [1.54, 1.807) is 11.3 Å². The van der Waals surface area contributed by atoms with Crippen LogP contribution in [0, 0.1) is 6.92 Å². The first-order chi connectivity index (χ1) is 9.13. The fraction of sp³-hybridized carbons (Fsp3) is 0.375. The predicted molar refractivity (Wildman–Crippen MR) is 86.2 cm³/mol. The molecule has 0 aliphatic heterocycles. The molecule has 102 valence electrons. The summed E-state index contributed by atoms with van der Waals surface area (Å²) in [6.45, 7) is 7.49. The number of hydrogen-bond acceptors (Lipinski definition) is 2. The summed E-state index contributed by atoms with van der Waals surface area (Å²) in [7, 11) is 0. The Hall–Kier alpha value is -0.830. The molecule has 1 unspecified atom stereocenters. The van der Waals surface area contributed by atoms with E-state index < -0.39 is 0 Å². The van der Waals surface area contributed by atoms with Crippen molar-refractivity contribution in [1.29, 1.82) is 0 Å². The van der Waals surface area contributed by atoms with Gasteiger partial charge < -0.3 is 5.32 Å². The van der Waals surface area contributed by atoms with Crippen LogP contribution in [-0.4, -0.2) is 6.54 Å². The van der Waals surface area contributed by atoms with Gasteiger partial charge >= 0.3 is 0 Å². The van der Waals surface area contributed by atoms with E-state index in [4.69, 9.17) is 11.6 Å². The number of rotatable bonds is 5. The highest BCUT2D eigenvalue weighted by Gasteiger charge is 2.11. The van der Waals surface area contributed by atoms with E-state index in [0.29, 0.717) is 6.04 Å². The summed E-state index contributed by atoms with van der Waals surface area (Å²) >= 11 is 8.21. The molecule has 0 saturated carbocycles. The molecular weight excluding hydrogens is 274 g/mol. The highest BCUT2D eigenvalue weighted by atomic mass is 35.5. The SMILES string of the molecule is CCCNC(C)c1ccc(-c2ccsc2C)cc1Cl. The maximum atomic E-state index is 6.44. The molecule has 0 fully saturated rings. The van der Waals surface area contributed by atoms with Gasteiger partial charge in [-0.25, -0.2) is 0 Å². The second kappa shape index (κ2) is 6.56. The summed E-state index contributed by atoms with van der Waals surface area (Å²) < 4.78 is 0. The summed E-state index contributed by atoms with van der Waals surface area (Å²) in [5.41, 5.74) is 3.66. The molecule has 1 nitrogen and oxygen atoms in total. The topological polar surface area (TPSA) is 12.0 Å². The highest BCUT2D eigenvalue weighted by molar-refractivity contribution is 7.10. The zero-order valence-corrected chi connectivity index (χ0v) is 13.2. The first kappa shape index (κ1) is 14.6. The van der Waals surface area contributed by atoms with Crippen molar-refractivity contribution in [3.05, 3.63) is 45.1 Å². The number of benzene rings is 1. The lowest BCUT2D eigenvalue weighted by molar-refractivity contribution is 0.571. The van der Waals surface area contributed by atoms with Crippen LogP contribution < -0.4 is 5.32 Å². The lowest BCUT2D eigenvalue weighted by atomic mass is 10.0. The lowest BCUT2D eigenvalue weighted by Crippen LogP contribution is -2.19. The second-order valence-electron chi connectivity index (χ2n) is 4.80. The second-order valence-corrected chi connectivity index (χ2v) is 6.33. The van der Waals surface area contributed by atoms with Crippen molar-refractivity contribution in [3.8, 4) is 11.1 Å². The van der Waals surface area contributed by atoms with Crippen molar-refractivity contribution >= 4 is 22.9 Å². The average Bonchev–Trinajstić information content (AvgIpc) is 2.82. The monoisotopic (exact) mass is 293 g/mol. The third-order valence-corrected chi connectivity index (χ3v) is 4.51. The molecule has 19 heavy (non-hydrogen) atoms. The smallest absolute Gasteiger partial charge is 0.0459 e. The molecule has 0 aliphatic rings. The summed E-state index contributed by atoms with van der Waals surface area (Å²) in [6.07, 6.45) is 1.13. The molecule has 0 amide bonds. The summed E-state index contributed by atoms with van der Waals surface area (Å²) in [5.74, 6) is 0. The minimum atomic E-state index is 0.296. The van der Waals surface area contributed by atoms with Crippen LogP contribution in [0.2, 0.25) is 5.02 Å². The van der Waals surface area contributed by atoms with Gasteiger partial charge in [0.1, 0.15) is 0 Å². The lowest BCUT2D eigenvalue weighted by Gasteiger charge is -2.16. The molecule has 1 aromatic heterocycles. The summed E-state index contributed by atoms with van der Waals surface area (Å²) in [4.78, 5) is 1.33. The van der Waals surface area contributed by atoms with Gasteiger partial charge in [-0.1, -0.05) is 30.7 Å². The Morgan fingerprint density at radius 3 is 2.68 bits per heavy atom. The van der Waals surface area contributed by atoms with E-state index in [0.717, 1.165) is 18.0 Å². The third kappa shape index (κ3) is 3.38. The van der Waals surface area contributed by atoms with Crippen molar-refractivity contribution in [1.82, 2.24) is 5.32 Å². The molecular formula is C16H20ClNS. The minimum absolute atomic E-state index is 0.296. The summed E-state index contributed by atoms with van der Waals surface area (Å²) in [5, 5.41) is 6.44. The first-order valence-electron chi connectivity index (χ1n) is 6.70. The van der Waals surface area contributed by atoms with E-state index in [9.17, 15) is 0 Å². The quantitative estimate of drug-likeness (QED) is 0.774. The van der Waals surface area contributed by atoms with E-state index in [1.807, 2.05) is 0 Å². The zero-order chi connectivity index (χ0) is 13.8. The number of hydrogen-bond donors (Lipinski definition) is 1. The Kier molecular flexibility index (Phi) is 5.03. The van der Waals surface area contributed by atoms with E-state index >= 15 is 0 Å². The zero-order valence-electron chi connectivity index (χ0n) is 11.7. The van der Waals surface area contributed by atoms with Crippen molar-refractivity contribution in [2.24, 2.45) is 0 Å². The van der Waals surface area contributed by atoms with Crippen LogP contribution in [0.5, 0.6) is 0 Å². The van der Waals surface area contributed by atoms with Gasteiger partial charge in [0.2, 0.25) is 0 Å². The fourth-order valence-electron chi connectivity index (χ4n) is 2.20. The normalized spacial score (nSPS) is 12.6. The molecule has 1 atom stereocenters. The van der Waals surface area contributed by atoms with E-state index in [2.05, 4.69) is 55.7 Å². The standard InChI is InChI=1S/C16H20ClNS/c1-4-8-18-11(2)14-6-5-13(10-16(14)17)15-7-9-19-12(15)3/h5-7,9-11,18H,4,8H2,1-3H3. The molecule has 0 aliphatic carbocycles. The molecule has 0 radical (unpaired) electrons. The molecule has 0 bridgehead atoms. The van der Waals surface area contributed by atoms with Crippen molar-refractivity contribution < 1.29 is 0 Å². The van der Waals surface area contributed by atoms with Crippen LogP contribution in [0.1, 0.15) is 36.8 Å². The Morgan fingerprint density at radius 2 is 2.11 bits per heavy atom. The van der Waals surface area contributed by atoms with Crippen molar-refractivity contribution in [3.63, 3.8) is 0 Å². The number of nitrogens with one attached hydrogen (secondary N) is 1. The Morgan fingerprint density at radius 1 is 1.32 bits per heavy atom. The van der Waals surface area contributed by atoms with E-state index in [1.165, 1.54) is 21.6 Å². The number of halogens is 1. The van der Waals surface area contributed by atoms with Crippen LogP contribution >= 0.6 is 22.9 Å². The molecule has 0 saturated heterocycles. The largest absolute Gasteiger partial charge is 0.310 e. The van der Waals surface area contributed by atoms with Crippen molar-refractivity contribution in [2.75, 3.05) is 6.54 Å². The third-order valence-electron chi connectivity index (χ3n) is 3.34. The summed E-state index contributed by atoms with van der Waals surface area (Å²) in [6, 6.07) is 8.84. The molecule has 1 N–H and O–H groups in total. The predicted octanol–water partition coefficient (Wildman–Crippen LogP) is 5.44. The Bertz CT molecular complexity index is 547. The van der Waals surface area contributed by atoms with Crippen LogP contribution in [0.3, 0.4) is 0 Å². The highest BCUT2D eigenvalue weighted by Crippen LogP contribution is 2.32. The van der Waals surface area contributed by atoms with Gasteiger partial charge in [-0.3, -0.25) is 0 Å². The van der Waals surface area contributed by atoms with Gasteiger partial charge in [0.05, 0.1) is 0 Å². The van der Waals surface area contributed by atoms with Crippen LogP contribution in [0.15, 0.2) is 29.6 Å². The molecule has 1 aromatic carbocycles. The number of aryl methyl sites for hydroxylation is 1. The molecule has 3 heteroatoms. The molecule has 2 aromatic rings.